The van der Waals surface area contributed by atoms with E-state index in [-0.39, 0.29) is 52.3 Å². The van der Waals surface area contributed by atoms with Gasteiger partial charge in [0.25, 0.3) is 0 Å². The summed E-state index contributed by atoms with van der Waals surface area (Å²) in [6.07, 6.45) is 0.769. The molecule has 0 spiro atoms. The Morgan fingerprint density at radius 3 is 2.83 bits per heavy atom. The average molecular weight is 378 g/mol. The van der Waals surface area contributed by atoms with E-state index in [4.69, 9.17) is 4.74 Å². The van der Waals surface area contributed by atoms with Gasteiger partial charge in [-0.3, -0.25) is 14.4 Å². The molecule has 0 radical (unpaired) electrons. The Morgan fingerprint density at radius 1 is 1.30 bits per heavy atom. The molecular weight excluding hydrogens is 362 g/mol. The summed E-state index contributed by atoms with van der Waals surface area (Å²) in [5.41, 5.74) is 1.13. The van der Waals surface area contributed by atoms with Crippen LogP contribution >= 0.6 is 15.9 Å². The number of rotatable bonds is 3. The average Bonchev–Trinajstić information content (AvgIpc) is 3.11. The van der Waals surface area contributed by atoms with Gasteiger partial charge in [-0.1, -0.05) is 28.1 Å². The Hall–Kier alpha value is -1.69. The summed E-state index contributed by atoms with van der Waals surface area (Å²) in [7, 11) is 0. The number of carbonyl (C=O) groups is 3. The first-order valence-corrected chi connectivity index (χ1v) is 8.65. The molecule has 2 bridgehead atoms. The Balaban J connectivity index is 1.57. The van der Waals surface area contributed by atoms with Crippen LogP contribution in [0.25, 0.3) is 0 Å². The Labute approximate surface area is 141 Å². The fourth-order valence-corrected chi connectivity index (χ4v) is 5.42. The highest BCUT2D eigenvalue weighted by molar-refractivity contribution is 9.09. The standard InChI is InChI=1S/C17H16BrNO4/c1-7(20)8-3-2-4-9(5-8)19-16(21)12-10-6-11-13(12)17(22)23-15(11)14(10)18/h2-5,10-15H,6H2,1H3,(H,19,21)/t10-,11-,12-,13+,14-,15+/m1/s1. The lowest BCUT2D eigenvalue weighted by molar-refractivity contribution is -0.145. The van der Waals surface area contributed by atoms with E-state index in [1.165, 1.54) is 6.92 Å². The molecule has 4 rings (SSSR count). The minimum atomic E-state index is -0.364. The monoisotopic (exact) mass is 377 g/mol. The molecule has 23 heavy (non-hydrogen) atoms. The highest BCUT2D eigenvalue weighted by atomic mass is 79.9. The number of hydrogen-bond donors (Lipinski definition) is 1. The van der Waals surface area contributed by atoms with E-state index in [1.54, 1.807) is 24.3 Å². The molecule has 3 fully saturated rings. The number of anilines is 1. The predicted molar refractivity (Wildman–Crippen MR) is 86.2 cm³/mol. The third-order valence-corrected chi connectivity index (χ3v) is 6.56. The van der Waals surface area contributed by atoms with Crippen molar-refractivity contribution in [3.8, 4) is 0 Å². The zero-order valence-electron chi connectivity index (χ0n) is 12.5. The molecule has 6 atom stereocenters. The molecule has 1 aliphatic heterocycles. The maximum atomic E-state index is 12.7. The maximum Gasteiger partial charge on any atom is 0.310 e. The largest absolute Gasteiger partial charge is 0.461 e. The van der Waals surface area contributed by atoms with Crippen LogP contribution in [0.5, 0.6) is 0 Å². The molecular formula is C17H16BrNO4. The number of esters is 1. The SMILES string of the molecule is CC(=O)c1cccc(NC(=O)[C@@H]2[C@H]3C[C@H]4[C@H](OC(=O)[C@@H]42)[C@@H]3Br)c1. The molecule has 1 aromatic carbocycles. The zero-order chi connectivity index (χ0) is 16.3. The second kappa shape index (κ2) is 5.16. The highest BCUT2D eigenvalue weighted by Gasteiger charge is 2.67. The number of hydrogen-bond acceptors (Lipinski definition) is 4. The molecule has 0 aromatic heterocycles. The molecule has 3 aliphatic rings. The number of ether oxygens (including phenoxy) is 1. The first kappa shape index (κ1) is 14.9. The third kappa shape index (κ3) is 2.15. The van der Waals surface area contributed by atoms with Crippen molar-refractivity contribution in [2.24, 2.45) is 23.7 Å². The van der Waals surface area contributed by atoms with Crippen LogP contribution in [0.2, 0.25) is 0 Å². The van der Waals surface area contributed by atoms with E-state index in [1.807, 2.05) is 0 Å². The summed E-state index contributed by atoms with van der Waals surface area (Å²) >= 11 is 3.60. The number of benzene rings is 1. The van der Waals surface area contributed by atoms with Crippen LogP contribution in [0, 0.1) is 23.7 Å². The zero-order valence-corrected chi connectivity index (χ0v) is 14.1. The van der Waals surface area contributed by atoms with E-state index in [9.17, 15) is 14.4 Å². The molecule has 2 saturated carbocycles. The molecule has 1 heterocycles. The quantitative estimate of drug-likeness (QED) is 0.498. The van der Waals surface area contributed by atoms with Crippen LogP contribution in [-0.4, -0.2) is 28.6 Å². The fraction of sp³-hybridized carbons (Fsp3) is 0.471. The van der Waals surface area contributed by atoms with E-state index in [0.29, 0.717) is 11.3 Å². The minimum absolute atomic E-state index is 0.0505. The summed E-state index contributed by atoms with van der Waals surface area (Å²) in [5, 5.41) is 2.87. The van der Waals surface area contributed by atoms with Crippen molar-refractivity contribution in [3.63, 3.8) is 0 Å². The van der Waals surface area contributed by atoms with Gasteiger partial charge in [0.05, 0.1) is 16.7 Å². The van der Waals surface area contributed by atoms with Gasteiger partial charge in [-0.15, -0.1) is 0 Å². The lowest BCUT2D eigenvalue weighted by Gasteiger charge is -2.27. The van der Waals surface area contributed by atoms with Crippen LogP contribution in [0.15, 0.2) is 24.3 Å². The molecule has 0 unspecified atom stereocenters. The molecule has 120 valence electrons. The number of fused-ring (bicyclic) bond motifs is 1. The summed E-state index contributed by atoms with van der Waals surface area (Å²) in [5.74, 6) is -0.879. The van der Waals surface area contributed by atoms with E-state index in [0.717, 1.165) is 6.42 Å². The number of ketones is 1. The smallest absolute Gasteiger partial charge is 0.310 e. The second-order valence-corrected chi connectivity index (χ2v) is 7.64. The van der Waals surface area contributed by atoms with Crippen molar-refractivity contribution in [3.05, 3.63) is 29.8 Å². The van der Waals surface area contributed by atoms with E-state index >= 15 is 0 Å². The number of nitrogens with one attached hydrogen (secondary N) is 1. The summed E-state index contributed by atoms with van der Waals surface area (Å²) in [6.45, 7) is 1.49. The van der Waals surface area contributed by atoms with Crippen molar-refractivity contribution in [1.29, 1.82) is 0 Å². The molecule has 2 aliphatic carbocycles. The molecule has 1 saturated heterocycles. The Morgan fingerprint density at radius 2 is 2.09 bits per heavy atom. The van der Waals surface area contributed by atoms with E-state index in [2.05, 4.69) is 21.2 Å². The first-order chi connectivity index (χ1) is 11.0. The van der Waals surface area contributed by atoms with Gasteiger partial charge in [0.15, 0.2) is 5.78 Å². The van der Waals surface area contributed by atoms with Gasteiger partial charge in [-0.2, -0.15) is 0 Å². The van der Waals surface area contributed by atoms with Crippen molar-refractivity contribution in [1.82, 2.24) is 0 Å². The second-order valence-electron chi connectivity index (χ2n) is 6.59. The molecule has 5 nitrogen and oxygen atoms in total. The molecule has 1 aromatic rings. The van der Waals surface area contributed by atoms with Crippen molar-refractivity contribution < 1.29 is 19.1 Å². The highest BCUT2D eigenvalue weighted by Crippen LogP contribution is 2.60. The van der Waals surface area contributed by atoms with Crippen LogP contribution in [0.1, 0.15) is 23.7 Å². The third-order valence-electron chi connectivity index (χ3n) is 5.36. The Kier molecular flexibility index (Phi) is 3.34. The van der Waals surface area contributed by atoms with Gasteiger partial charge >= 0.3 is 5.97 Å². The van der Waals surface area contributed by atoms with Crippen LogP contribution in [0.4, 0.5) is 5.69 Å². The van der Waals surface area contributed by atoms with Gasteiger partial charge in [0, 0.05) is 17.2 Å². The molecule has 6 heteroatoms. The minimum Gasteiger partial charge on any atom is -0.461 e. The van der Waals surface area contributed by atoms with Gasteiger partial charge in [0.1, 0.15) is 6.10 Å². The molecule has 1 N–H and O–H groups in total. The van der Waals surface area contributed by atoms with Crippen LogP contribution in [0.3, 0.4) is 0 Å². The maximum absolute atomic E-state index is 12.7. The van der Waals surface area contributed by atoms with Gasteiger partial charge in [0.2, 0.25) is 5.91 Å². The summed E-state index contributed by atoms with van der Waals surface area (Å²) in [4.78, 5) is 36.3. The van der Waals surface area contributed by atoms with Crippen molar-refractivity contribution >= 4 is 39.3 Å². The summed E-state index contributed by atoms with van der Waals surface area (Å²) < 4.78 is 5.42. The van der Waals surface area contributed by atoms with Gasteiger partial charge in [-0.05, 0) is 31.4 Å². The van der Waals surface area contributed by atoms with E-state index < -0.39 is 0 Å². The van der Waals surface area contributed by atoms with Crippen molar-refractivity contribution in [2.75, 3.05) is 5.32 Å². The number of Topliss-reactive ketones (excluding diaryl/α,β-unsaturated/α-hetero) is 1. The number of halogens is 1. The normalized spacial score (nSPS) is 36.9. The Bertz CT molecular complexity index is 718. The van der Waals surface area contributed by atoms with Gasteiger partial charge < -0.3 is 10.1 Å². The lowest BCUT2D eigenvalue weighted by Crippen LogP contribution is -2.40. The van der Waals surface area contributed by atoms with Crippen molar-refractivity contribution in [2.45, 2.75) is 24.3 Å². The first-order valence-electron chi connectivity index (χ1n) is 7.74. The topological polar surface area (TPSA) is 72.5 Å². The number of amides is 1. The predicted octanol–water partition coefficient (Wildman–Crippen LogP) is 2.40. The lowest BCUT2D eigenvalue weighted by atomic mass is 9.79. The molecule has 1 amide bonds. The van der Waals surface area contributed by atoms with Crippen LogP contribution in [-0.2, 0) is 14.3 Å². The number of alkyl halides is 1. The number of carbonyl (C=O) groups excluding carboxylic acids is 3. The van der Waals surface area contributed by atoms with Crippen LogP contribution < -0.4 is 5.32 Å². The summed E-state index contributed by atoms with van der Waals surface area (Å²) in [6, 6.07) is 6.86. The fourth-order valence-electron chi connectivity index (χ4n) is 4.37. The van der Waals surface area contributed by atoms with Gasteiger partial charge in [-0.25, -0.2) is 0 Å².